The van der Waals surface area contributed by atoms with Crippen LogP contribution in [0.25, 0.3) is 0 Å². The number of ether oxygens (including phenoxy) is 1. The predicted octanol–water partition coefficient (Wildman–Crippen LogP) is 1.53. The van der Waals surface area contributed by atoms with Crippen LogP contribution in [-0.4, -0.2) is 43.2 Å². The highest BCUT2D eigenvalue weighted by Gasteiger charge is 2.32. The molecule has 2 N–H and O–H groups in total. The minimum atomic E-state index is -0.907. The fraction of sp³-hybridized carbons (Fsp3) is 0.923. The van der Waals surface area contributed by atoms with Crippen molar-refractivity contribution < 1.29 is 9.53 Å². The summed E-state index contributed by atoms with van der Waals surface area (Å²) in [7, 11) is 3.45. The summed E-state index contributed by atoms with van der Waals surface area (Å²) < 4.78 is 4.74. The second-order valence-corrected chi connectivity index (χ2v) is 5.47. The molecule has 1 atom stereocenters. The van der Waals surface area contributed by atoms with Crippen LogP contribution >= 0.6 is 0 Å². The molecule has 1 aliphatic carbocycles. The number of carbonyl (C=O) groups is 1. The van der Waals surface area contributed by atoms with Crippen LogP contribution in [0.2, 0.25) is 0 Å². The maximum atomic E-state index is 11.5. The Kier molecular flexibility index (Phi) is 5.40. The predicted molar refractivity (Wildman–Crippen MR) is 68.7 cm³/mol. The SMILES string of the molecule is COC(=O)C(C)(N)CN(C)C1CCCCCC1. The van der Waals surface area contributed by atoms with Crippen molar-refractivity contribution in [1.29, 1.82) is 0 Å². The molecule has 4 heteroatoms. The van der Waals surface area contributed by atoms with E-state index < -0.39 is 5.54 Å². The summed E-state index contributed by atoms with van der Waals surface area (Å²) >= 11 is 0. The molecule has 0 heterocycles. The van der Waals surface area contributed by atoms with E-state index in [1.54, 1.807) is 6.92 Å². The average molecular weight is 242 g/mol. The molecule has 0 aromatic rings. The van der Waals surface area contributed by atoms with Crippen LogP contribution in [0.1, 0.15) is 45.4 Å². The lowest BCUT2D eigenvalue weighted by atomic mass is 10.0. The number of nitrogens with zero attached hydrogens (tertiary/aromatic N) is 1. The standard InChI is InChI=1S/C13H26N2O2/c1-13(14,12(16)17-3)10-15(2)11-8-6-4-5-7-9-11/h11H,4-10,14H2,1-3H3. The number of methoxy groups -OCH3 is 1. The molecular formula is C13H26N2O2. The minimum Gasteiger partial charge on any atom is -0.468 e. The zero-order chi connectivity index (χ0) is 12.9. The molecule has 0 amide bonds. The Morgan fingerprint density at radius 3 is 2.35 bits per heavy atom. The van der Waals surface area contributed by atoms with Gasteiger partial charge in [-0.1, -0.05) is 25.7 Å². The van der Waals surface area contributed by atoms with Crippen molar-refractivity contribution in [3.8, 4) is 0 Å². The second-order valence-electron chi connectivity index (χ2n) is 5.47. The molecule has 1 saturated carbocycles. The van der Waals surface area contributed by atoms with Crippen LogP contribution < -0.4 is 5.73 Å². The van der Waals surface area contributed by atoms with Crippen LogP contribution in [0.4, 0.5) is 0 Å². The quantitative estimate of drug-likeness (QED) is 0.600. The topological polar surface area (TPSA) is 55.6 Å². The zero-order valence-electron chi connectivity index (χ0n) is 11.4. The largest absolute Gasteiger partial charge is 0.468 e. The molecule has 0 aromatic carbocycles. The van der Waals surface area contributed by atoms with E-state index in [9.17, 15) is 4.79 Å². The first-order valence-electron chi connectivity index (χ1n) is 6.55. The lowest BCUT2D eigenvalue weighted by Crippen LogP contribution is -2.55. The molecule has 0 spiro atoms. The van der Waals surface area contributed by atoms with Crippen LogP contribution in [0.3, 0.4) is 0 Å². The first kappa shape index (κ1) is 14.5. The van der Waals surface area contributed by atoms with Crippen LogP contribution in [0.5, 0.6) is 0 Å². The molecule has 17 heavy (non-hydrogen) atoms. The van der Waals surface area contributed by atoms with Gasteiger partial charge in [0.2, 0.25) is 0 Å². The summed E-state index contributed by atoms with van der Waals surface area (Å²) in [6.07, 6.45) is 7.67. The Hall–Kier alpha value is -0.610. The number of hydrogen-bond donors (Lipinski definition) is 1. The Bertz CT molecular complexity index is 246. The van der Waals surface area contributed by atoms with Crippen molar-refractivity contribution in [1.82, 2.24) is 4.90 Å². The number of nitrogens with two attached hydrogens (primary N) is 1. The summed E-state index contributed by atoms with van der Waals surface area (Å²) in [6.45, 7) is 2.30. The molecule has 1 fully saturated rings. The molecule has 1 rings (SSSR count). The molecule has 0 aromatic heterocycles. The van der Waals surface area contributed by atoms with Gasteiger partial charge in [-0.2, -0.15) is 0 Å². The highest BCUT2D eigenvalue weighted by Crippen LogP contribution is 2.22. The lowest BCUT2D eigenvalue weighted by Gasteiger charge is -2.33. The van der Waals surface area contributed by atoms with Gasteiger partial charge < -0.3 is 15.4 Å². The molecule has 0 saturated heterocycles. The summed E-state index contributed by atoms with van der Waals surface area (Å²) in [4.78, 5) is 13.8. The van der Waals surface area contributed by atoms with Crippen molar-refractivity contribution in [2.24, 2.45) is 5.73 Å². The zero-order valence-corrected chi connectivity index (χ0v) is 11.4. The first-order chi connectivity index (χ1) is 7.97. The Morgan fingerprint density at radius 1 is 1.35 bits per heavy atom. The van der Waals surface area contributed by atoms with Gasteiger partial charge in [0.15, 0.2) is 0 Å². The first-order valence-corrected chi connectivity index (χ1v) is 6.55. The van der Waals surface area contributed by atoms with Crippen LogP contribution in [-0.2, 0) is 9.53 Å². The number of esters is 1. The van der Waals surface area contributed by atoms with Gasteiger partial charge in [0.25, 0.3) is 0 Å². The molecular weight excluding hydrogens is 216 g/mol. The third-order valence-corrected chi connectivity index (χ3v) is 3.68. The third-order valence-electron chi connectivity index (χ3n) is 3.68. The molecule has 1 aliphatic rings. The van der Waals surface area contributed by atoms with Gasteiger partial charge in [0.05, 0.1) is 7.11 Å². The summed E-state index contributed by atoms with van der Waals surface area (Å²) in [5.74, 6) is -0.335. The van der Waals surface area contributed by atoms with Crippen molar-refractivity contribution in [3.05, 3.63) is 0 Å². The monoisotopic (exact) mass is 242 g/mol. The van der Waals surface area contributed by atoms with Gasteiger partial charge in [0.1, 0.15) is 5.54 Å². The number of likely N-dealkylation sites (N-methyl/N-ethyl adjacent to an activating group) is 1. The van der Waals surface area contributed by atoms with Gasteiger partial charge in [-0.15, -0.1) is 0 Å². The summed E-state index contributed by atoms with van der Waals surface area (Å²) in [5, 5.41) is 0. The maximum Gasteiger partial charge on any atom is 0.326 e. The maximum absolute atomic E-state index is 11.5. The summed E-state index contributed by atoms with van der Waals surface area (Å²) in [5.41, 5.74) is 5.09. The molecule has 0 radical (unpaired) electrons. The van der Waals surface area contributed by atoms with E-state index in [1.165, 1.54) is 45.6 Å². The van der Waals surface area contributed by atoms with Gasteiger partial charge >= 0.3 is 5.97 Å². The highest BCUT2D eigenvalue weighted by molar-refractivity contribution is 5.80. The fourth-order valence-electron chi connectivity index (χ4n) is 2.64. The molecule has 0 bridgehead atoms. The van der Waals surface area contributed by atoms with Crippen LogP contribution in [0.15, 0.2) is 0 Å². The van der Waals surface area contributed by atoms with E-state index in [4.69, 9.17) is 10.5 Å². The van der Waals surface area contributed by atoms with E-state index >= 15 is 0 Å². The highest BCUT2D eigenvalue weighted by atomic mass is 16.5. The van der Waals surface area contributed by atoms with E-state index in [0.29, 0.717) is 12.6 Å². The lowest BCUT2D eigenvalue weighted by molar-refractivity contribution is -0.147. The van der Waals surface area contributed by atoms with E-state index in [2.05, 4.69) is 11.9 Å². The smallest absolute Gasteiger partial charge is 0.326 e. The van der Waals surface area contributed by atoms with Crippen molar-refractivity contribution in [2.75, 3.05) is 20.7 Å². The Labute approximate surface area is 104 Å². The van der Waals surface area contributed by atoms with Crippen LogP contribution in [0, 0.1) is 0 Å². The second kappa shape index (κ2) is 6.36. The third kappa shape index (κ3) is 4.28. The van der Waals surface area contributed by atoms with Gasteiger partial charge in [-0.25, -0.2) is 0 Å². The number of rotatable bonds is 4. The van der Waals surface area contributed by atoms with Gasteiger partial charge in [0, 0.05) is 12.6 Å². The van der Waals surface area contributed by atoms with E-state index in [-0.39, 0.29) is 5.97 Å². The van der Waals surface area contributed by atoms with E-state index in [0.717, 1.165) is 0 Å². The summed E-state index contributed by atoms with van der Waals surface area (Å²) in [6, 6.07) is 0.560. The van der Waals surface area contributed by atoms with Crippen molar-refractivity contribution in [3.63, 3.8) is 0 Å². The fourth-order valence-corrected chi connectivity index (χ4v) is 2.64. The van der Waals surface area contributed by atoms with E-state index in [1.807, 2.05) is 0 Å². The molecule has 1 unspecified atom stereocenters. The minimum absolute atomic E-state index is 0.335. The molecule has 0 aliphatic heterocycles. The van der Waals surface area contributed by atoms with Gasteiger partial charge in [-0.3, -0.25) is 4.79 Å². The van der Waals surface area contributed by atoms with Crippen molar-refractivity contribution >= 4 is 5.97 Å². The Balaban J connectivity index is 2.51. The number of carbonyl (C=O) groups excluding carboxylic acids is 1. The normalized spacial score (nSPS) is 21.9. The van der Waals surface area contributed by atoms with Gasteiger partial charge in [-0.05, 0) is 26.8 Å². The average Bonchev–Trinajstić information content (AvgIpc) is 2.55. The Morgan fingerprint density at radius 2 is 1.88 bits per heavy atom. The molecule has 4 nitrogen and oxygen atoms in total. The molecule has 100 valence electrons. The van der Waals surface area contributed by atoms with Crippen molar-refractivity contribution in [2.45, 2.75) is 57.0 Å². The number of hydrogen-bond acceptors (Lipinski definition) is 4.